The van der Waals surface area contributed by atoms with Crippen LogP contribution in [0, 0.1) is 0 Å². The van der Waals surface area contributed by atoms with Gasteiger partial charge in [0.25, 0.3) is 5.91 Å². The second-order valence-electron chi connectivity index (χ2n) is 6.95. The highest BCUT2D eigenvalue weighted by Crippen LogP contribution is 2.24. The van der Waals surface area contributed by atoms with Gasteiger partial charge in [-0.05, 0) is 12.1 Å². The summed E-state index contributed by atoms with van der Waals surface area (Å²) >= 11 is 0. The number of ether oxygens (including phenoxy) is 2. The lowest BCUT2D eigenvalue weighted by molar-refractivity contribution is -0.192. The summed E-state index contributed by atoms with van der Waals surface area (Å²) in [5.74, 6) is -2.89. The first kappa shape index (κ1) is 25.0. The third kappa shape index (κ3) is 7.12. The standard InChI is InChI=1S/C15H21N3O5S.C2HF3O2/c1-24(20,21)18-6-7-22-12-15(11-18)10-17(5-8-23-15)14(19)13-3-2-4-16-9-13;3-2(4,5)1(6)7/h2-4,9H,5-8,10-12H2,1H3;(H,6,7). The van der Waals surface area contributed by atoms with Gasteiger partial charge in [0.1, 0.15) is 5.60 Å². The molecular weight excluding hydrogens is 447 g/mol. The van der Waals surface area contributed by atoms with Crippen molar-refractivity contribution < 1.29 is 45.8 Å². The van der Waals surface area contributed by atoms with Gasteiger partial charge in [-0.3, -0.25) is 9.78 Å². The number of hydrogen-bond donors (Lipinski definition) is 1. The van der Waals surface area contributed by atoms with Crippen molar-refractivity contribution >= 4 is 21.9 Å². The zero-order valence-corrected chi connectivity index (χ0v) is 17.4. The van der Waals surface area contributed by atoms with Crippen molar-refractivity contribution in [3.05, 3.63) is 30.1 Å². The molecule has 1 N–H and O–H groups in total. The number of aromatic nitrogens is 1. The van der Waals surface area contributed by atoms with E-state index in [1.807, 2.05) is 0 Å². The molecule has 2 aliphatic heterocycles. The molecule has 0 saturated carbocycles. The molecule has 10 nitrogen and oxygen atoms in total. The number of rotatable bonds is 2. The zero-order chi connectivity index (χ0) is 23.3. The van der Waals surface area contributed by atoms with E-state index in [-0.39, 0.29) is 25.6 Å². The normalized spacial score (nSPS) is 22.9. The maximum absolute atomic E-state index is 12.6. The van der Waals surface area contributed by atoms with Crippen molar-refractivity contribution in [2.75, 3.05) is 52.3 Å². The Balaban J connectivity index is 0.000000423. The third-order valence-corrected chi connectivity index (χ3v) is 5.72. The molecule has 31 heavy (non-hydrogen) atoms. The highest BCUT2D eigenvalue weighted by atomic mass is 32.2. The van der Waals surface area contributed by atoms with Crippen LogP contribution in [0.5, 0.6) is 0 Å². The summed E-state index contributed by atoms with van der Waals surface area (Å²) < 4.78 is 68.4. The van der Waals surface area contributed by atoms with Gasteiger partial charge >= 0.3 is 12.1 Å². The second kappa shape index (κ2) is 9.89. The van der Waals surface area contributed by atoms with Crippen molar-refractivity contribution in [3.8, 4) is 0 Å². The van der Waals surface area contributed by atoms with Crippen molar-refractivity contribution in [1.29, 1.82) is 0 Å². The Labute approximate surface area is 176 Å². The number of sulfonamides is 1. The van der Waals surface area contributed by atoms with E-state index in [4.69, 9.17) is 19.4 Å². The van der Waals surface area contributed by atoms with E-state index >= 15 is 0 Å². The van der Waals surface area contributed by atoms with E-state index in [0.29, 0.717) is 31.9 Å². The summed E-state index contributed by atoms with van der Waals surface area (Å²) in [6.45, 7) is 2.13. The van der Waals surface area contributed by atoms with E-state index in [0.717, 1.165) is 0 Å². The Hall–Kier alpha value is -2.29. The van der Waals surface area contributed by atoms with Crippen LogP contribution in [0.2, 0.25) is 0 Å². The van der Waals surface area contributed by atoms with Crippen LogP contribution in [-0.4, -0.2) is 104 Å². The Kier molecular flexibility index (Phi) is 7.97. The molecular formula is C17H22F3N3O7S. The molecule has 3 heterocycles. The molecule has 174 valence electrons. The maximum Gasteiger partial charge on any atom is 0.490 e. The molecule has 2 aliphatic rings. The molecule has 2 fully saturated rings. The van der Waals surface area contributed by atoms with Crippen LogP contribution in [-0.2, 0) is 24.3 Å². The summed E-state index contributed by atoms with van der Waals surface area (Å²) in [6.07, 6.45) is -0.773. The van der Waals surface area contributed by atoms with E-state index in [2.05, 4.69) is 4.98 Å². The molecule has 2 saturated heterocycles. The lowest BCUT2D eigenvalue weighted by Gasteiger charge is -2.43. The van der Waals surface area contributed by atoms with Crippen LogP contribution < -0.4 is 0 Å². The maximum atomic E-state index is 12.6. The molecule has 1 atom stereocenters. The number of morpholine rings is 1. The SMILES string of the molecule is CS(=O)(=O)N1CCOCC2(CN(C(=O)c3cccnc3)CCO2)C1.O=C(O)C(F)(F)F. The first-order chi connectivity index (χ1) is 14.3. The van der Waals surface area contributed by atoms with Gasteiger partial charge in [0.05, 0.1) is 38.2 Å². The zero-order valence-electron chi connectivity index (χ0n) is 16.5. The molecule has 0 aliphatic carbocycles. The third-order valence-electron chi connectivity index (χ3n) is 4.47. The van der Waals surface area contributed by atoms with Crippen LogP contribution in [0.15, 0.2) is 24.5 Å². The monoisotopic (exact) mass is 469 g/mol. The van der Waals surface area contributed by atoms with Gasteiger partial charge in [-0.1, -0.05) is 0 Å². The summed E-state index contributed by atoms with van der Waals surface area (Å²) in [4.78, 5) is 27.2. The quantitative estimate of drug-likeness (QED) is 0.652. The number of carbonyl (C=O) groups is 2. The Morgan fingerprint density at radius 3 is 2.45 bits per heavy atom. The fourth-order valence-corrected chi connectivity index (χ4v) is 3.90. The van der Waals surface area contributed by atoms with Crippen LogP contribution in [0.4, 0.5) is 13.2 Å². The van der Waals surface area contributed by atoms with Gasteiger partial charge in [0, 0.05) is 32.0 Å². The van der Waals surface area contributed by atoms with Gasteiger partial charge in [-0.25, -0.2) is 13.2 Å². The van der Waals surface area contributed by atoms with Crippen LogP contribution >= 0.6 is 0 Å². The average molecular weight is 469 g/mol. The number of nitrogens with zero attached hydrogens (tertiary/aromatic N) is 3. The predicted octanol–water partition coefficient (Wildman–Crippen LogP) is 0.218. The topological polar surface area (TPSA) is 126 Å². The van der Waals surface area contributed by atoms with E-state index in [9.17, 15) is 26.4 Å². The van der Waals surface area contributed by atoms with Crippen molar-refractivity contribution in [2.45, 2.75) is 11.8 Å². The van der Waals surface area contributed by atoms with Gasteiger partial charge in [0.2, 0.25) is 10.0 Å². The molecule has 14 heteroatoms. The fraction of sp³-hybridized carbons (Fsp3) is 0.588. The fourth-order valence-electron chi connectivity index (χ4n) is 3.03. The van der Waals surface area contributed by atoms with E-state index in [1.165, 1.54) is 16.8 Å². The Morgan fingerprint density at radius 2 is 1.90 bits per heavy atom. The lowest BCUT2D eigenvalue weighted by atomic mass is 10.0. The molecule has 1 aromatic rings. The van der Waals surface area contributed by atoms with Crippen molar-refractivity contribution in [2.24, 2.45) is 0 Å². The summed E-state index contributed by atoms with van der Waals surface area (Å²) in [5, 5.41) is 7.12. The number of pyridine rings is 1. The minimum atomic E-state index is -5.08. The van der Waals surface area contributed by atoms with Crippen molar-refractivity contribution in [1.82, 2.24) is 14.2 Å². The van der Waals surface area contributed by atoms with Crippen LogP contribution in [0.25, 0.3) is 0 Å². The Morgan fingerprint density at radius 1 is 1.23 bits per heavy atom. The van der Waals surface area contributed by atoms with Crippen molar-refractivity contribution in [3.63, 3.8) is 0 Å². The summed E-state index contributed by atoms with van der Waals surface area (Å²) in [6, 6.07) is 3.42. The van der Waals surface area contributed by atoms with E-state index in [1.54, 1.807) is 23.2 Å². The number of amides is 1. The minimum absolute atomic E-state index is 0.138. The molecule has 0 radical (unpaired) electrons. The number of alkyl halides is 3. The van der Waals surface area contributed by atoms with Crippen LogP contribution in [0.3, 0.4) is 0 Å². The lowest BCUT2D eigenvalue weighted by Crippen LogP contribution is -2.60. The number of carbonyl (C=O) groups excluding carboxylic acids is 1. The van der Waals surface area contributed by atoms with Gasteiger partial charge < -0.3 is 19.5 Å². The number of carboxylic acid groups (broad SMARTS) is 1. The number of halogens is 3. The molecule has 1 spiro atoms. The van der Waals surface area contributed by atoms with E-state index < -0.39 is 27.8 Å². The minimum Gasteiger partial charge on any atom is -0.475 e. The molecule has 0 bridgehead atoms. The highest BCUT2D eigenvalue weighted by Gasteiger charge is 2.43. The largest absolute Gasteiger partial charge is 0.490 e. The molecule has 3 rings (SSSR count). The number of carboxylic acids is 1. The van der Waals surface area contributed by atoms with Gasteiger partial charge in [0.15, 0.2) is 0 Å². The molecule has 0 aromatic carbocycles. The summed E-state index contributed by atoms with van der Waals surface area (Å²) in [7, 11) is -3.35. The molecule has 1 unspecified atom stereocenters. The van der Waals surface area contributed by atoms with Gasteiger partial charge in [-0.15, -0.1) is 0 Å². The first-order valence-corrected chi connectivity index (χ1v) is 10.9. The Bertz CT molecular complexity index is 883. The molecule has 1 amide bonds. The number of hydrogen-bond acceptors (Lipinski definition) is 7. The van der Waals surface area contributed by atoms with Gasteiger partial charge in [-0.2, -0.15) is 17.5 Å². The summed E-state index contributed by atoms with van der Waals surface area (Å²) in [5.41, 5.74) is -0.334. The first-order valence-electron chi connectivity index (χ1n) is 9.00. The number of aliphatic carboxylic acids is 1. The highest BCUT2D eigenvalue weighted by molar-refractivity contribution is 7.88. The second-order valence-corrected chi connectivity index (χ2v) is 8.93. The smallest absolute Gasteiger partial charge is 0.475 e. The molecule has 1 aromatic heterocycles. The van der Waals surface area contributed by atoms with Crippen LogP contribution in [0.1, 0.15) is 10.4 Å². The average Bonchev–Trinajstić information content (AvgIpc) is 2.90. The predicted molar refractivity (Wildman–Crippen MR) is 99.8 cm³/mol.